The van der Waals surface area contributed by atoms with Crippen LogP contribution in [0.25, 0.3) is 0 Å². The molecule has 0 radical (unpaired) electrons. The monoisotopic (exact) mass is 298 g/mol. The maximum Gasteiger partial charge on any atom is 0.120 e. The quantitative estimate of drug-likeness (QED) is 0.665. The zero-order valence-electron chi connectivity index (χ0n) is 12.2. The first-order valence-electron chi connectivity index (χ1n) is 6.78. The summed E-state index contributed by atoms with van der Waals surface area (Å²) in [5, 5.41) is 8.89. The lowest BCUT2D eigenvalue weighted by atomic mass is 10.1. The molecule has 0 aliphatic heterocycles. The molecule has 2 aromatic rings. The average molecular weight is 298 g/mol. The molecule has 0 bridgehead atoms. The van der Waals surface area contributed by atoms with Crippen molar-refractivity contribution in [2.75, 3.05) is 12.3 Å². The summed E-state index contributed by atoms with van der Waals surface area (Å²) in [6, 6.07) is 13.7. The van der Waals surface area contributed by atoms with Gasteiger partial charge in [-0.3, -0.25) is 0 Å². The van der Waals surface area contributed by atoms with Gasteiger partial charge in [0, 0.05) is 16.3 Å². The lowest BCUT2D eigenvalue weighted by Gasteiger charge is -2.10. The standard InChI is InChI=1S/C17H18N2OS/c1-3-20-15-6-7-16(19)17(9-15)21-11-14-5-4-13(10-18)8-12(14)2/h4-9H,3,11,19H2,1-2H3. The van der Waals surface area contributed by atoms with Gasteiger partial charge in [-0.25, -0.2) is 0 Å². The van der Waals surface area contributed by atoms with Crippen LogP contribution in [0.4, 0.5) is 5.69 Å². The van der Waals surface area contributed by atoms with Crippen LogP contribution >= 0.6 is 11.8 Å². The Morgan fingerprint density at radius 1 is 1.24 bits per heavy atom. The third kappa shape index (κ3) is 3.93. The Morgan fingerprint density at radius 3 is 2.71 bits per heavy atom. The number of nitrogens with two attached hydrogens (primary N) is 1. The molecule has 0 amide bonds. The van der Waals surface area contributed by atoms with Gasteiger partial charge in [-0.1, -0.05) is 6.07 Å². The van der Waals surface area contributed by atoms with Gasteiger partial charge in [0.05, 0.1) is 18.2 Å². The highest BCUT2D eigenvalue weighted by atomic mass is 32.2. The number of benzene rings is 2. The van der Waals surface area contributed by atoms with Crippen molar-refractivity contribution < 1.29 is 4.74 Å². The summed E-state index contributed by atoms with van der Waals surface area (Å²) in [5.41, 5.74) is 9.80. The zero-order chi connectivity index (χ0) is 15.2. The lowest BCUT2D eigenvalue weighted by Crippen LogP contribution is -1.95. The molecule has 0 unspecified atom stereocenters. The molecule has 2 aromatic carbocycles. The highest BCUT2D eigenvalue weighted by molar-refractivity contribution is 7.98. The van der Waals surface area contributed by atoms with Gasteiger partial charge in [0.2, 0.25) is 0 Å². The second-order valence-corrected chi connectivity index (χ2v) is 5.69. The minimum Gasteiger partial charge on any atom is -0.494 e. The maximum atomic E-state index is 8.89. The second-order valence-electron chi connectivity index (χ2n) is 4.67. The molecular formula is C17H18N2OS. The van der Waals surface area contributed by atoms with Crippen molar-refractivity contribution in [3.8, 4) is 11.8 Å². The lowest BCUT2D eigenvalue weighted by molar-refractivity contribution is 0.339. The number of nitriles is 1. The fourth-order valence-electron chi connectivity index (χ4n) is 1.98. The molecule has 0 spiro atoms. The molecule has 4 heteroatoms. The van der Waals surface area contributed by atoms with E-state index in [0.29, 0.717) is 12.2 Å². The Kier molecular flexibility index (Phi) is 5.13. The number of hydrogen-bond acceptors (Lipinski definition) is 4. The third-order valence-electron chi connectivity index (χ3n) is 3.15. The predicted molar refractivity (Wildman–Crippen MR) is 87.5 cm³/mol. The van der Waals surface area contributed by atoms with Crippen LogP contribution in [0.3, 0.4) is 0 Å². The van der Waals surface area contributed by atoms with Gasteiger partial charge in [-0.15, -0.1) is 11.8 Å². The first-order chi connectivity index (χ1) is 10.1. The number of ether oxygens (including phenoxy) is 1. The van der Waals surface area contributed by atoms with Crippen LogP contribution < -0.4 is 10.5 Å². The number of hydrogen-bond donors (Lipinski definition) is 1. The molecule has 0 aliphatic carbocycles. The highest BCUT2D eigenvalue weighted by Gasteiger charge is 2.06. The van der Waals surface area contributed by atoms with Gasteiger partial charge < -0.3 is 10.5 Å². The average Bonchev–Trinajstić information content (AvgIpc) is 2.49. The van der Waals surface area contributed by atoms with E-state index < -0.39 is 0 Å². The Labute approximate surface area is 129 Å². The Bertz CT molecular complexity index is 677. The van der Waals surface area contributed by atoms with Crippen LogP contribution in [-0.2, 0) is 5.75 Å². The van der Waals surface area contributed by atoms with E-state index in [-0.39, 0.29) is 0 Å². The van der Waals surface area contributed by atoms with Crippen LogP contribution in [0, 0.1) is 18.3 Å². The predicted octanol–water partition coefficient (Wildman–Crippen LogP) is 4.14. The van der Waals surface area contributed by atoms with E-state index in [1.54, 1.807) is 11.8 Å². The minimum absolute atomic E-state index is 0.642. The molecule has 0 heterocycles. The Hall–Kier alpha value is -2.12. The van der Waals surface area contributed by atoms with Crippen molar-refractivity contribution in [3.63, 3.8) is 0 Å². The summed E-state index contributed by atoms with van der Waals surface area (Å²) < 4.78 is 5.50. The topological polar surface area (TPSA) is 59.0 Å². The second kappa shape index (κ2) is 7.05. The molecule has 0 saturated heterocycles. The molecule has 0 aromatic heterocycles. The van der Waals surface area contributed by atoms with Crippen molar-refractivity contribution in [3.05, 3.63) is 53.1 Å². The summed E-state index contributed by atoms with van der Waals surface area (Å²) in [6.07, 6.45) is 0. The highest BCUT2D eigenvalue weighted by Crippen LogP contribution is 2.32. The van der Waals surface area contributed by atoms with Gasteiger partial charge in [-0.05, 0) is 55.3 Å². The van der Waals surface area contributed by atoms with E-state index in [9.17, 15) is 0 Å². The number of nitrogen functional groups attached to an aromatic ring is 1. The van der Waals surface area contributed by atoms with Crippen LogP contribution in [0.2, 0.25) is 0 Å². The van der Waals surface area contributed by atoms with Crippen molar-refractivity contribution in [2.45, 2.75) is 24.5 Å². The number of thioether (sulfide) groups is 1. The SMILES string of the molecule is CCOc1ccc(N)c(SCc2ccc(C#N)cc2C)c1. The molecule has 108 valence electrons. The van der Waals surface area contributed by atoms with Gasteiger partial charge in [-0.2, -0.15) is 5.26 Å². The number of anilines is 1. The van der Waals surface area contributed by atoms with Gasteiger partial charge in [0.15, 0.2) is 0 Å². The summed E-state index contributed by atoms with van der Waals surface area (Å²) in [7, 11) is 0. The van der Waals surface area contributed by atoms with Crippen molar-refractivity contribution in [1.82, 2.24) is 0 Å². The van der Waals surface area contributed by atoms with E-state index in [0.717, 1.165) is 27.6 Å². The molecule has 0 fully saturated rings. The van der Waals surface area contributed by atoms with E-state index in [4.69, 9.17) is 15.7 Å². The largest absolute Gasteiger partial charge is 0.494 e. The minimum atomic E-state index is 0.642. The van der Waals surface area contributed by atoms with Crippen molar-refractivity contribution >= 4 is 17.4 Å². The van der Waals surface area contributed by atoms with E-state index >= 15 is 0 Å². The smallest absolute Gasteiger partial charge is 0.120 e. The molecule has 0 saturated carbocycles. The van der Waals surface area contributed by atoms with E-state index in [1.807, 2.05) is 50.2 Å². The van der Waals surface area contributed by atoms with E-state index in [2.05, 4.69) is 6.07 Å². The molecule has 2 N–H and O–H groups in total. The normalized spacial score (nSPS) is 10.1. The Morgan fingerprint density at radius 2 is 2.05 bits per heavy atom. The Balaban J connectivity index is 2.13. The maximum absolute atomic E-state index is 8.89. The van der Waals surface area contributed by atoms with Crippen molar-refractivity contribution in [2.24, 2.45) is 0 Å². The van der Waals surface area contributed by atoms with Crippen LogP contribution in [0.5, 0.6) is 5.75 Å². The number of nitrogens with zero attached hydrogens (tertiary/aromatic N) is 1. The van der Waals surface area contributed by atoms with Crippen LogP contribution in [0.15, 0.2) is 41.3 Å². The van der Waals surface area contributed by atoms with Crippen LogP contribution in [0.1, 0.15) is 23.6 Å². The first kappa shape index (κ1) is 15.3. The fourth-order valence-corrected chi connectivity index (χ4v) is 3.05. The number of aryl methyl sites for hydroxylation is 1. The molecule has 0 atom stereocenters. The zero-order valence-corrected chi connectivity index (χ0v) is 13.0. The summed E-state index contributed by atoms with van der Waals surface area (Å²) in [4.78, 5) is 1.02. The summed E-state index contributed by atoms with van der Waals surface area (Å²) in [5.74, 6) is 1.66. The van der Waals surface area contributed by atoms with Gasteiger partial charge in [0.25, 0.3) is 0 Å². The summed E-state index contributed by atoms with van der Waals surface area (Å²) >= 11 is 1.68. The van der Waals surface area contributed by atoms with Gasteiger partial charge >= 0.3 is 0 Å². The van der Waals surface area contributed by atoms with E-state index in [1.165, 1.54) is 5.56 Å². The molecule has 2 rings (SSSR count). The van der Waals surface area contributed by atoms with Crippen LogP contribution in [-0.4, -0.2) is 6.61 Å². The van der Waals surface area contributed by atoms with Crippen molar-refractivity contribution in [1.29, 1.82) is 5.26 Å². The molecule has 21 heavy (non-hydrogen) atoms. The molecule has 0 aliphatic rings. The summed E-state index contributed by atoms with van der Waals surface area (Å²) in [6.45, 7) is 4.63. The number of rotatable bonds is 5. The molecular weight excluding hydrogens is 280 g/mol. The fraction of sp³-hybridized carbons (Fsp3) is 0.235. The third-order valence-corrected chi connectivity index (χ3v) is 4.27. The van der Waals surface area contributed by atoms with Gasteiger partial charge in [0.1, 0.15) is 5.75 Å². The molecule has 3 nitrogen and oxygen atoms in total. The first-order valence-corrected chi connectivity index (χ1v) is 7.77.